The van der Waals surface area contributed by atoms with E-state index in [0.29, 0.717) is 0 Å². The highest BCUT2D eigenvalue weighted by molar-refractivity contribution is 14.1. The second-order valence-corrected chi connectivity index (χ2v) is 8.78. The number of hydrogen-bond donors (Lipinski definition) is 0. The molecule has 0 radical (unpaired) electrons. The van der Waals surface area contributed by atoms with Crippen LogP contribution < -0.4 is 0 Å². The smallest absolute Gasteiger partial charge is 0.0264 e. The van der Waals surface area contributed by atoms with Gasteiger partial charge in [0.05, 0.1) is 0 Å². The lowest BCUT2D eigenvalue weighted by Gasteiger charge is -2.15. The Bertz CT molecular complexity index is 839. The predicted octanol–water partition coefficient (Wildman–Crippen LogP) is 7.32. The highest BCUT2D eigenvalue weighted by Crippen LogP contribution is 2.43. The van der Waals surface area contributed by atoms with Crippen LogP contribution in [0.4, 0.5) is 0 Å². The summed E-state index contributed by atoms with van der Waals surface area (Å²) in [5.41, 5.74) is 0. The van der Waals surface area contributed by atoms with Crippen LogP contribution >= 0.6 is 77.0 Å². The van der Waals surface area contributed by atoms with Crippen LogP contribution in [0.5, 0.6) is 0 Å². The molecule has 0 heterocycles. The average Bonchev–Trinajstić information content (AvgIpc) is 2.42. The van der Waals surface area contributed by atoms with Crippen molar-refractivity contribution in [3.8, 4) is 0 Å². The molecule has 4 aromatic carbocycles. The minimum atomic E-state index is 1.17. The third-order valence-corrected chi connectivity index (χ3v) is 6.79. The van der Waals surface area contributed by atoms with E-state index in [0.717, 1.165) is 0 Å². The van der Waals surface area contributed by atoms with Gasteiger partial charge in [-0.25, -0.2) is 0 Å². The first-order chi connectivity index (χ1) is 9.58. The monoisotopic (exact) mass is 610 g/mol. The van der Waals surface area contributed by atoms with Gasteiger partial charge in [-0.2, -0.15) is 0 Å². The molecule has 0 spiro atoms. The molecule has 0 aromatic heterocycles. The molecule has 0 saturated heterocycles. The largest absolute Gasteiger partial charge is 0.0526 e. The standard InChI is InChI=1S/C16H6Br2I2/c17-11-5-14(20)10-4-2-8-12(18)6-13(19)9-3-1-7(11)15(10)16(8)9/h1-6H. The summed E-state index contributed by atoms with van der Waals surface area (Å²) >= 11 is 12.3. The van der Waals surface area contributed by atoms with Gasteiger partial charge in [-0.15, -0.1) is 0 Å². The SMILES string of the molecule is Brc1cc(I)c2ccc3c(Br)cc(I)c4ccc1c2c34. The highest BCUT2D eigenvalue weighted by Gasteiger charge is 2.15. The Morgan fingerprint density at radius 1 is 0.600 bits per heavy atom. The lowest BCUT2D eigenvalue weighted by atomic mass is 9.94. The maximum Gasteiger partial charge on any atom is 0.0264 e. The van der Waals surface area contributed by atoms with Crippen LogP contribution in [-0.2, 0) is 0 Å². The van der Waals surface area contributed by atoms with Crippen molar-refractivity contribution in [2.75, 3.05) is 0 Å². The van der Waals surface area contributed by atoms with E-state index in [2.05, 4.69) is 113 Å². The second kappa shape index (κ2) is 4.93. The topological polar surface area (TPSA) is 0 Å². The van der Waals surface area contributed by atoms with Gasteiger partial charge in [-0.05, 0) is 89.6 Å². The first-order valence-corrected chi connectivity index (χ1v) is 9.73. The summed E-state index contributed by atoms with van der Waals surface area (Å²) < 4.78 is 4.90. The van der Waals surface area contributed by atoms with E-state index < -0.39 is 0 Å². The van der Waals surface area contributed by atoms with Gasteiger partial charge in [0.25, 0.3) is 0 Å². The molecular formula is C16H6Br2I2. The van der Waals surface area contributed by atoms with Crippen LogP contribution in [-0.4, -0.2) is 0 Å². The molecule has 98 valence electrons. The number of halogens is 4. The van der Waals surface area contributed by atoms with Crippen molar-refractivity contribution in [1.29, 1.82) is 0 Å². The van der Waals surface area contributed by atoms with Crippen molar-refractivity contribution in [3.63, 3.8) is 0 Å². The van der Waals surface area contributed by atoms with Crippen LogP contribution in [0.15, 0.2) is 45.3 Å². The molecule has 20 heavy (non-hydrogen) atoms. The summed E-state index contributed by atoms with van der Waals surface area (Å²) in [4.78, 5) is 0. The third kappa shape index (κ3) is 1.87. The van der Waals surface area contributed by atoms with E-state index in [1.54, 1.807) is 0 Å². The average molecular weight is 612 g/mol. The van der Waals surface area contributed by atoms with Gasteiger partial charge in [-0.3, -0.25) is 0 Å². The Balaban J connectivity index is 2.47. The molecule has 0 aliphatic carbocycles. The lowest BCUT2D eigenvalue weighted by Crippen LogP contribution is -1.89. The highest BCUT2D eigenvalue weighted by atomic mass is 127. The molecule has 0 aliphatic rings. The van der Waals surface area contributed by atoms with E-state index >= 15 is 0 Å². The molecule has 0 saturated carbocycles. The van der Waals surface area contributed by atoms with Crippen molar-refractivity contribution in [2.24, 2.45) is 0 Å². The third-order valence-electron chi connectivity index (χ3n) is 3.70. The Morgan fingerprint density at radius 3 is 1.35 bits per heavy atom. The number of benzene rings is 4. The van der Waals surface area contributed by atoms with Crippen molar-refractivity contribution >= 4 is 109 Å². The van der Waals surface area contributed by atoms with E-state index in [4.69, 9.17) is 0 Å². The lowest BCUT2D eigenvalue weighted by molar-refractivity contribution is 1.67. The van der Waals surface area contributed by atoms with E-state index in [1.807, 2.05) is 0 Å². The van der Waals surface area contributed by atoms with Crippen molar-refractivity contribution < 1.29 is 0 Å². The van der Waals surface area contributed by atoms with Gasteiger partial charge >= 0.3 is 0 Å². The second-order valence-electron chi connectivity index (χ2n) is 4.75. The zero-order chi connectivity index (χ0) is 14.0. The van der Waals surface area contributed by atoms with Crippen LogP contribution in [0.1, 0.15) is 0 Å². The van der Waals surface area contributed by atoms with Gasteiger partial charge in [0.15, 0.2) is 0 Å². The molecule has 0 N–H and O–H groups in total. The molecule has 0 aliphatic heterocycles. The van der Waals surface area contributed by atoms with Gasteiger partial charge < -0.3 is 0 Å². The van der Waals surface area contributed by atoms with Gasteiger partial charge in [-0.1, -0.05) is 56.1 Å². The molecule has 0 bridgehead atoms. The molecule has 0 nitrogen and oxygen atoms in total. The minimum absolute atomic E-state index is 1.17. The van der Waals surface area contributed by atoms with Crippen molar-refractivity contribution in [1.82, 2.24) is 0 Å². The fourth-order valence-electron chi connectivity index (χ4n) is 2.83. The first kappa shape index (κ1) is 14.0. The first-order valence-electron chi connectivity index (χ1n) is 5.98. The Kier molecular flexibility index (Phi) is 3.44. The molecule has 4 aromatic rings. The van der Waals surface area contributed by atoms with Gasteiger partial charge in [0, 0.05) is 16.1 Å². The Labute approximate surface area is 160 Å². The Morgan fingerprint density at radius 2 is 0.950 bits per heavy atom. The van der Waals surface area contributed by atoms with Crippen LogP contribution in [0, 0.1) is 7.14 Å². The van der Waals surface area contributed by atoms with Crippen molar-refractivity contribution in [3.05, 3.63) is 52.5 Å². The van der Waals surface area contributed by atoms with Crippen LogP contribution in [0.25, 0.3) is 32.3 Å². The Hall–Kier alpha value is 0.340. The summed E-state index contributed by atoms with van der Waals surface area (Å²) in [5.74, 6) is 0. The van der Waals surface area contributed by atoms with E-state index in [9.17, 15) is 0 Å². The van der Waals surface area contributed by atoms with Crippen LogP contribution in [0.2, 0.25) is 0 Å². The fourth-order valence-corrected chi connectivity index (χ4v) is 6.32. The minimum Gasteiger partial charge on any atom is -0.0526 e. The van der Waals surface area contributed by atoms with Gasteiger partial charge in [0.1, 0.15) is 0 Å². The molecule has 4 rings (SSSR count). The fraction of sp³-hybridized carbons (Fsp3) is 0. The van der Waals surface area contributed by atoms with Gasteiger partial charge in [0.2, 0.25) is 0 Å². The number of hydrogen-bond acceptors (Lipinski definition) is 0. The summed E-state index contributed by atoms with van der Waals surface area (Å²) in [6, 6.07) is 13.3. The van der Waals surface area contributed by atoms with Crippen LogP contribution in [0.3, 0.4) is 0 Å². The molecule has 0 atom stereocenters. The molecule has 0 amide bonds. The zero-order valence-corrected chi connectivity index (χ0v) is 17.5. The van der Waals surface area contributed by atoms with Crippen molar-refractivity contribution in [2.45, 2.75) is 0 Å². The number of rotatable bonds is 0. The van der Waals surface area contributed by atoms with E-state index in [-0.39, 0.29) is 0 Å². The summed E-state index contributed by atoms with van der Waals surface area (Å²) in [6.45, 7) is 0. The quantitative estimate of drug-likeness (QED) is 0.144. The summed E-state index contributed by atoms with van der Waals surface area (Å²) in [5, 5.41) is 7.95. The molecule has 0 fully saturated rings. The molecule has 0 unspecified atom stereocenters. The molecular weight excluding hydrogens is 606 g/mol. The summed E-state index contributed by atoms with van der Waals surface area (Å²) in [6.07, 6.45) is 0. The normalized spacial score (nSPS) is 12.0. The summed E-state index contributed by atoms with van der Waals surface area (Å²) in [7, 11) is 0. The maximum absolute atomic E-state index is 3.71. The zero-order valence-electron chi connectivity index (χ0n) is 9.98. The van der Waals surface area contributed by atoms with E-state index in [1.165, 1.54) is 48.4 Å². The predicted molar refractivity (Wildman–Crippen MR) is 111 cm³/mol. The maximum atomic E-state index is 3.71. The molecule has 4 heteroatoms.